The highest BCUT2D eigenvalue weighted by atomic mass is 16.2. The first-order valence-corrected chi connectivity index (χ1v) is 8.56. The second-order valence-corrected chi connectivity index (χ2v) is 6.67. The van der Waals surface area contributed by atoms with Crippen molar-refractivity contribution >= 4 is 11.6 Å². The van der Waals surface area contributed by atoms with Gasteiger partial charge in [0.2, 0.25) is 0 Å². The van der Waals surface area contributed by atoms with E-state index in [4.69, 9.17) is 0 Å². The normalized spacial score (nSPS) is 23.7. The van der Waals surface area contributed by atoms with Crippen molar-refractivity contribution in [2.75, 3.05) is 0 Å². The predicted octanol–water partition coefficient (Wildman–Crippen LogP) is 3.50. The Morgan fingerprint density at radius 3 is 2.88 bits per heavy atom. The van der Waals surface area contributed by atoms with E-state index < -0.39 is 0 Å². The Balaban J connectivity index is 1.49. The third kappa shape index (κ3) is 2.70. The average Bonchev–Trinajstić information content (AvgIpc) is 3.22. The van der Waals surface area contributed by atoms with Crippen LogP contribution in [0.2, 0.25) is 0 Å². The van der Waals surface area contributed by atoms with E-state index in [2.05, 4.69) is 45.9 Å². The highest BCUT2D eigenvalue weighted by molar-refractivity contribution is 5.79. The highest BCUT2D eigenvalue weighted by Crippen LogP contribution is 2.38. The molecule has 2 bridgehead atoms. The molecule has 2 aliphatic rings. The molecule has 2 amide bonds. The number of hydrogen-bond acceptors (Lipinski definition) is 2. The molecule has 124 valence electrons. The fraction of sp³-hybridized carbons (Fsp3) is 0.368. The van der Waals surface area contributed by atoms with Crippen LogP contribution in [0.3, 0.4) is 0 Å². The molecular weight excluding hydrogens is 300 g/mol. The molecule has 5 nitrogen and oxygen atoms in total. The molecule has 2 aliphatic heterocycles. The quantitative estimate of drug-likeness (QED) is 0.908. The van der Waals surface area contributed by atoms with Gasteiger partial charge in [0.1, 0.15) is 0 Å². The van der Waals surface area contributed by atoms with Gasteiger partial charge < -0.3 is 10.2 Å². The third-order valence-corrected chi connectivity index (χ3v) is 5.13. The lowest BCUT2D eigenvalue weighted by Crippen LogP contribution is -2.48. The lowest BCUT2D eigenvalue weighted by atomic mass is 9.95. The molecule has 4 rings (SSSR count). The minimum atomic E-state index is -0.0462. The SMILES string of the molecule is C[C@@H](NC(=O)N1[C@@H]2CC[C@@H]1C=C(c1ccccc1)C2)c1cn[nH]c1. The topological polar surface area (TPSA) is 61.0 Å². The fourth-order valence-electron chi connectivity index (χ4n) is 3.85. The lowest BCUT2D eigenvalue weighted by molar-refractivity contribution is 0.176. The van der Waals surface area contributed by atoms with E-state index in [1.807, 2.05) is 24.1 Å². The third-order valence-electron chi connectivity index (χ3n) is 5.13. The number of carbonyl (C=O) groups is 1. The van der Waals surface area contributed by atoms with E-state index in [1.165, 1.54) is 11.1 Å². The van der Waals surface area contributed by atoms with Crippen LogP contribution in [0.15, 0.2) is 48.8 Å². The summed E-state index contributed by atoms with van der Waals surface area (Å²) in [6.07, 6.45) is 8.92. The van der Waals surface area contributed by atoms with Gasteiger partial charge in [0.25, 0.3) is 0 Å². The number of H-pyrrole nitrogens is 1. The van der Waals surface area contributed by atoms with Gasteiger partial charge in [0.05, 0.1) is 18.3 Å². The zero-order valence-corrected chi connectivity index (χ0v) is 13.8. The smallest absolute Gasteiger partial charge is 0.318 e. The Bertz CT molecular complexity index is 738. The molecule has 1 saturated heterocycles. The minimum Gasteiger partial charge on any atom is -0.331 e. The number of rotatable bonds is 3. The van der Waals surface area contributed by atoms with E-state index in [9.17, 15) is 4.79 Å². The molecule has 0 saturated carbocycles. The minimum absolute atomic E-state index is 0.0274. The van der Waals surface area contributed by atoms with Gasteiger partial charge in [0.15, 0.2) is 0 Å². The Labute approximate surface area is 141 Å². The molecule has 2 aromatic rings. The lowest BCUT2D eigenvalue weighted by Gasteiger charge is -2.35. The Morgan fingerprint density at radius 2 is 2.17 bits per heavy atom. The first-order valence-electron chi connectivity index (χ1n) is 8.56. The summed E-state index contributed by atoms with van der Waals surface area (Å²) in [5.74, 6) is 0. The predicted molar refractivity (Wildman–Crippen MR) is 93.2 cm³/mol. The summed E-state index contributed by atoms with van der Waals surface area (Å²) in [5.41, 5.74) is 3.64. The van der Waals surface area contributed by atoms with Crippen LogP contribution in [-0.2, 0) is 0 Å². The van der Waals surface area contributed by atoms with Gasteiger partial charge in [-0.25, -0.2) is 4.79 Å². The van der Waals surface area contributed by atoms with Crippen molar-refractivity contribution in [2.24, 2.45) is 0 Å². The molecule has 0 radical (unpaired) electrons. The summed E-state index contributed by atoms with van der Waals surface area (Å²) in [6.45, 7) is 1.99. The van der Waals surface area contributed by atoms with Crippen LogP contribution >= 0.6 is 0 Å². The second kappa shape index (κ2) is 6.15. The van der Waals surface area contributed by atoms with Crippen molar-refractivity contribution in [1.29, 1.82) is 0 Å². The van der Waals surface area contributed by atoms with Crippen LogP contribution in [0, 0.1) is 0 Å². The van der Waals surface area contributed by atoms with Gasteiger partial charge in [-0.15, -0.1) is 0 Å². The van der Waals surface area contributed by atoms with E-state index in [-0.39, 0.29) is 18.1 Å². The average molecular weight is 322 g/mol. The number of nitrogens with zero attached hydrogens (tertiary/aromatic N) is 2. The molecule has 0 spiro atoms. The maximum atomic E-state index is 12.8. The van der Waals surface area contributed by atoms with Gasteiger partial charge in [-0.2, -0.15) is 5.10 Å². The van der Waals surface area contributed by atoms with Gasteiger partial charge in [0, 0.05) is 17.8 Å². The van der Waals surface area contributed by atoms with Gasteiger partial charge in [-0.1, -0.05) is 36.4 Å². The summed E-state index contributed by atoms with van der Waals surface area (Å²) < 4.78 is 0. The van der Waals surface area contributed by atoms with E-state index >= 15 is 0 Å². The van der Waals surface area contributed by atoms with E-state index in [0.29, 0.717) is 6.04 Å². The maximum absolute atomic E-state index is 12.8. The summed E-state index contributed by atoms with van der Waals surface area (Å²) in [6, 6.07) is 11.0. The molecule has 5 heteroatoms. The maximum Gasteiger partial charge on any atom is 0.318 e. The highest BCUT2D eigenvalue weighted by Gasteiger charge is 2.40. The monoisotopic (exact) mass is 322 g/mol. The molecule has 0 unspecified atom stereocenters. The fourth-order valence-corrected chi connectivity index (χ4v) is 3.85. The summed E-state index contributed by atoms with van der Waals surface area (Å²) >= 11 is 0. The van der Waals surface area contributed by atoms with Crippen molar-refractivity contribution in [3.63, 3.8) is 0 Å². The van der Waals surface area contributed by atoms with Crippen LogP contribution in [0.25, 0.3) is 5.57 Å². The van der Waals surface area contributed by atoms with Crippen LogP contribution in [-0.4, -0.2) is 33.2 Å². The standard InChI is InChI=1S/C19H22N4O/c1-13(16-11-20-21-12-16)22-19(24)23-17-7-8-18(23)10-15(9-17)14-5-3-2-4-6-14/h2-6,9,11-13,17-18H,7-8,10H2,1H3,(H,20,21)(H,22,24)/t13-,17-,18-/m1/s1. The number of aromatic nitrogens is 2. The molecule has 1 aromatic heterocycles. The molecular formula is C19H22N4O. The largest absolute Gasteiger partial charge is 0.331 e. The van der Waals surface area contributed by atoms with Crippen LogP contribution in [0.4, 0.5) is 4.79 Å². The Kier molecular flexibility index (Phi) is 3.84. The number of benzene rings is 1. The van der Waals surface area contributed by atoms with Gasteiger partial charge in [-0.3, -0.25) is 5.10 Å². The number of amides is 2. The zero-order chi connectivity index (χ0) is 16.5. The van der Waals surface area contributed by atoms with Crippen LogP contribution < -0.4 is 5.32 Å². The zero-order valence-electron chi connectivity index (χ0n) is 13.8. The molecule has 3 heterocycles. The summed E-state index contributed by atoms with van der Waals surface area (Å²) in [4.78, 5) is 14.8. The molecule has 0 aliphatic carbocycles. The number of carbonyl (C=O) groups excluding carboxylic acids is 1. The number of aromatic amines is 1. The van der Waals surface area contributed by atoms with Crippen molar-refractivity contribution in [1.82, 2.24) is 20.4 Å². The Hall–Kier alpha value is -2.56. The summed E-state index contributed by atoms with van der Waals surface area (Å²) in [7, 11) is 0. The molecule has 2 N–H and O–H groups in total. The van der Waals surface area contributed by atoms with E-state index in [1.54, 1.807) is 6.20 Å². The molecule has 24 heavy (non-hydrogen) atoms. The summed E-state index contributed by atoms with van der Waals surface area (Å²) in [5, 5.41) is 9.85. The molecule has 1 fully saturated rings. The Morgan fingerprint density at radius 1 is 1.33 bits per heavy atom. The number of hydrogen-bond donors (Lipinski definition) is 2. The van der Waals surface area contributed by atoms with Gasteiger partial charge in [-0.05, 0) is 37.3 Å². The van der Waals surface area contributed by atoms with Crippen molar-refractivity contribution in [3.8, 4) is 0 Å². The first kappa shape index (κ1) is 15.0. The van der Waals surface area contributed by atoms with Crippen LogP contribution in [0.1, 0.15) is 43.4 Å². The molecule has 3 atom stereocenters. The number of urea groups is 1. The van der Waals surface area contributed by atoms with Crippen molar-refractivity contribution in [2.45, 2.75) is 44.3 Å². The van der Waals surface area contributed by atoms with Crippen LogP contribution in [0.5, 0.6) is 0 Å². The first-order chi connectivity index (χ1) is 11.7. The van der Waals surface area contributed by atoms with E-state index in [0.717, 1.165) is 24.8 Å². The van der Waals surface area contributed by atoms with Gasteiger partial charge >= 0.3 is 6.03 Å². The number of fused-ring (bicyclic) bond motifs is 2. The van der Waals surface area contributed by atoms with Crippen molar-refractivity contribution in [3.05, 3.63) is 59.9 Å². The molecule has 1 aromatic carbocycles. The van der Waals surface area contributed by atoms with Crippen molar-refractivity contribution < 1.29 is 4.79 Å². The number of nitrogens with one attached hydrogen (secondary N) is 2. The second-order valence-electron chi connectivity index (χ2n) is 6.67.